The van der Waals surface area contributed by atoms with Crippen LogP contribution in [-0.4, -0.2) is 31.3 Å². The molecular weight excluding hydrogens is 299 g/mol. The molecule has 0 spiro atoms. The molecule has 0 amide bonds. The minimum atomic E-state index is -0.860. The fourth-order valence-electron chi connectivity index (χ4n) is 2.00. The number of carboxylic acids is 1. The molecule has 1 aromatic heterocycles. The van der Waals surface area contributed by atoms with Crippen LogP contribution in [0.3, 0.4) is 0 Å². The molecule has 0 aliphatic carbocycles. The van der Waals surface area contributed by atoms with Gasteiger partial charge in [0.05, 0.1) is 5.02 Å². The van der Waals surface area contributed by atoms with E-state index in [1.807, 2.05) is 6.92 Å². The number of tetrazole rings is 1. The number of hydrogen-bond acceptors (Lipinski definition) is 4. The van der Waals surface area contributed by atoms with Crippen LogP contribution in [0, 0.1) is 11.7 Å². The van der Waals surface area contributed by atoms with Gasteiger partial charge in [-0.15, -0.1) is 5.10 Å². The monoisotopic (exact) mass is 312 g/mol. The Balaban J connectivity index is 2.25. The van der Waals surface area contributed by atoms with Gasteiger partial charge in [0.1, 0.15) is 5.82 Å². The summed E-state index contributed by atoms with van der Waals surface area (Å²) < 4.78 is 14.7. The predicted molar refractivity (Wildman–Crippen MR) is 74.3 cm³/mol. The van der Waals surface area contributed by atoms with Crippen molar-refractivity contribution in [2.75, 3.05) is 0 Å². The third-order valence-corrected chi connectivity index (χ3v) is 3.47. The van der Waals surface area contributed by atoms with Gasteiger partial charge in [-0.1, -0.05) is 24.9 Å². The van der Waals surface area contributed by atoms with E-state index in [0.717, 1.165) is 0 Å². The van der Waals surface area contributed by atoms with Gasteiger partial charge in [-0.2, -0.15) is 0 Å². The van der Waals surface area contributed by atoms with E-state index in [4.69, 9.17) is 16.7 Å². The maximum atomic E-state index is 13.2. The molecular formula is C13H14ClFN4O2. The maximum Gasteiger partial charge on any atom is 0.303 e. The number of hydrogen-bond donors (Lipinski definition) is 1. The number of aromatic nitrogens is 4. The Morgan fingerprint density at radius 1 is 1.52 bits per heavy atom. The van der Waals surface area contributed by atoms with Crippen LogP contribution in [0.2, 0.25) is 5.02 Å². The summed E-state index contributed by atoms with van der Waals surface area (Å²) in [5.41, 5.74) is 0.580. The maximum absolute atomic E-state index is 13.2. The van der Waals surface area contributed by atoms with E-state index in [-0.39, 0.29) is 17.4 Å². The van der Waals surface area contributed by atoms with E-state index in [1.54, 1.807) is 0 Å². The SMILES string of the molecule is CCC(CC(=O)O)Cn1nnnc1-c1ccc(F)c(Cl)c1. The molecule has 1 aromatic carbocycles. The topological polar surface area (TPSA) is 80.9 Å². The highest BCUT2D eigenvalue weighted by Crippen LogP contribution is 2.24. The molecule has 0 bridgehead atoms. The van der Waals surface area contributed by atoms with Crippen molar-refractivity contribution in [2.24, 2.45) is 5.92 Å². The van der Waals surface area contributed by atoms with Crippen molar-refractivity contribution in [1.82, 2.24) is 20.2 Å². The third kappa shape index (κ3) is 3.75. The first-order chi connectivity index (χ1) is 10.0. The lowest BCUT2D eigenvalue weighted by Gasteiger charge is -2.13. The summed E-state index contributed by atoms with van der Waals surface area (Å²) in [6.45, 7) is 2.28. The Bertz CT molecular complexity index is 647. The van der Waals surface area contributed by atoms with E-state index < -0.39 is 11.8 Å². The van der Waals surface area contributed by atoms with Crippen molar-refractivity contribution in [3.63, 3.8) is 0 Å². The van der Waals surface area contributed by atoms with Crippen LogP contribution in [0.4, 0.5) is 4.39 Å². The van der Waals surface area contributed by atoms with Gasteiger partial charge >= 0.3 is 5.97 Å². The molecule has 0 aliphatic rings. The van der Waals surface area contributed by atoms with Crippen LogP contribution >= 0.6 is 11.6 Å². The molecule has 21 heavy (non-hydrogen) atoms. The summed E-state index contributed by atoms with van der Waals surface area (Å²) in [4.78, 5) is 10.8. The van der Waals surface area contributed by atoms with Crippen molar-refractivity contribution in [2.45, 2.75) is 26.3 Å². The molecule has 8 heteroatoms. The lowest BCUT2D eigenvalue weighted by atomic mass is 10.0. The fourth-order valence-corrected chi connectivity index (χ4v) is 2.18. The Morgan fingerprint density at radius 2 is 2.29 bits per heavy atom. The highest BCUT2D eigenvalue weighted by atomic mass is 35.5. The van der Waals surface area contributed by atoms with E-state index in [2.05, 4.69) is 15.5 Å². The quantitative estimate of drug-likeness (QED) is 0.886. The second-order valence-corrected chi connectivity index (χ2v) is 5.09. The Hall–Kier alpha value is -2.02. The van der Waals surface area contributed by atoms with Gasteiger partial charge < -0.3 is 5.11 Å². The van der Waals surface area contributed by atoms with Crippen LogP contribution in [0.1, 0.15) is 19.8 Å². The lowest BCUT2D eigenvalue weighted by Crippen LogP contribution is -2.16. The number of benzene rings is 1. The third-order valence-electron chi connectivity index (χ3n) is 3.18. The van der Waals surface area contributed by atoms with Crippen LogP contribution < -0.4 is 0 Å². The largest absolute Gasteiger partial charge is 0.481 e. The number of rotatable bonds is 6. The van der Waals surface area contributed by atoms with Crippen LogP contribution in [0.25, 0.3) is 11.4 Å². The normalized spacial score (nSPS) is 12.3. The molecule has 0 fully saturated rings. The molecule has 0 saturated heterocycles. The summed E-state index contributed by atoms with van der Waals surface area (Å²) in [5.74, 6) is -1.03. The van der Waals surface area contributed by atoms with E-state index in [0.29, 0.717) is 24.4 Å². The average molecular weight is 313 g/mol. The van der Waals surface area contributed by atoms with Crippen LogP contribution in [0.15, 0.2) is 18.2 Å². The first kappa shape index (κ1) is 15.4. The lowest BCUT2D eigenvalue weighted by molar-refractivity contribution is -0.138. The van der Waals surface area contributed by atoms with Crippen molar-refractivity contribution in [1.29, 1.82) is 0 Å². The van der Waals surface area contributed by atoms with Gasteiger partial charge in [0.25, 0.3) is 0 Å². The Morgan fingerprint density at radius 3 is 2.90 bits per heavy atom. The second-order valence-electron chi connectivity index (χ2n) is 4.69. The Kier molecular flexibility index (Phi) is 4.85. The number of nitrogens with zero attached hydrogens (tertiary/aromatic N) is 4. The van der Waals surface area contributed by atoms with Gasteiger partial charge in [-0.05, 0) is 34.5 Å². The molecule has 6 nitrogen and oxygen atoms in total. The van der Waals surface area contributed by atoms with Crippen molar-refractivity contribution in [3.8, 4) is 11.4 Å². The van der Waals surface area contributed by atoms with Gasteiger partial charge in [-0.3, -0.25) is 4.79 Å². The first-order valence-corrected chi connectivity index (χ1v) is 6.82. The number of carbonyl (C=O) groups is 1. The highest BCUT2D eigenvalue weighted by Gasteiger charge is 2.17. The minimum Gasteiger partial charge on any atom is -0.481 e. The minimum absolute atomic E-state index is 0.0142. The van der Waals surface area contributed by atoms with Gasteiger partial charge in [0, 0.05) is 18.5 Å². The van der Waals surface area contributed by atoms with Gasteiger partial charge in [-0.25, -0.2) is 9.07 Å². The summed E-state index contributed by atoms with van der Waals surface area (Å²) >= 11 is 5.75. The molecule has 0 aliphatic heterocycles. The molecule has 0 radical (unpaired) electrons. The van der Waals surface area contributed by atoms with Crippen molar-refractivity contribution in [3.05, 3.63) is 29.0 Å². The zero-order valence-electron chi connectivity index (χ0n) is 11.3. The zero-order valence-corrected chi connectivity index (χ0v) is 12.1. The van der Waals surface area contributed by atoms with Crippen molar-refractivity contribution >= 4 is 17.6 Å². The summed E-state index contributed by atoms with van der Waals surface area (Å²) in [6, 6.07) is 4.21. The molecule has 2 aromatic rings. The standard InChI is InChI=1S/C13H14ClFN4O2/c1-2-8(5-12(20)21)7-19-13(16-17-18-19)9-3-4-11(15)10(14)6-9/h3-4,6,8H,2,5,7H2,1H3,(H,20,21). The molecule has 1 unspecified atom stereocenters. The number of carboxylic acid groups (broad SMARTS) is 1. The second kappa shape index (κ2) is 6.62. The van der Waals surface area contributed by atoms with Crippen LogP contribution in [0.5, 0.6) is 0 Å². The zero-order chi connectivity index (χ0) is 15.4. The smallest absolute Gasteiger partial charge is 0.303 e. The highest BCUT2D eigenvalue weighted by molar-refractivity contribution is 6.31. The summed E-state index contributed by atoms with van der Waals surface area (Å²) in [7, 11) is 0. The fraction of sp³-hybridized carbons (Fsp3) is 0.385. The average Bonchev–Trinajstić information content (AvgIpc) is 2.88. The predicted octanol–water partition coefficient (Wildman–Crippen LogP) is 2.63. The summed E-state index contributed by atoms with van der Waals surface area (Å²) in [5, 5.41) is 20.2. The van der Waals surface area contributed by atoms with Crippen LogP contribution in [-0.2, 0) is 11.3 Å². The van der Waals surface area contributed by atoms with Gasteiger partial charge in [0.2, 0.25) is 0 Å². The summed E-state index contributed by atoms with van der Waals surface area (Å²) in [6.07, 6.45) is 0.732. The van der Waals surface area contributed by atoms with Gasteiger partial charge in [0.15, 0.2) is 5.82 Å². The Labute approximate surface area is 125 Å². The molecule has 1 atom stereocenters. The molecule has 1 heterocycles. The molecule has 0 saturated carbocycles. The van der Waals surface area contributed by atoms with E-state index in [1.165, 1.54) is 22.9 Å². The number of halogens is 2. The molecule has 1 N–H and O–H groups in total. The van der Waals surface area contributed by atoms with E-state index in [9.17, 15) is 9.18 Å². The molecule has 2 rings (SSSR count). The first-order valence-electron chi connectivity index (χ1n) is 6.44. The van der Waals surface area contributed by atoms with Crippen molar-refractivity contribution < 1.29 is 14.3 Å². The van der Waals surface area contributed by atoms with E-state index >= 15 is 0 Å². The molecule has 112 valence electrons. The number of aliphatic carboxylic acids is 1.